The van der Waals surface area contributed by atoms with Crippen molar-refractivity contribution in [2.24, 2.45) is 5.16 Å². The Morgan fingerprint density at radius 2 is 2.12 bits per heavy atom. The summed E-state index contributed by atoms with van der Waals surface area (Å²) in [6, 6.07) is 7.71. The van der Waals surface area contributed by atoms with Gasteiger partial charge >= 0.3 is 0 Å². The average molecular weight is 331 g/mol. The normalized spacial score (nSPS) is 18.0. The minimum atomic E-state index is -0.639. The van der Waals surface area contributed by atoms with Crippen LogP contribution in [0.5, 0.6) is 0 Å². The Bertz CT molecular complexity index is 728. The highest BCUT2D eigenvalue weighted by atomic mass is 19.1. The van der Waals surface area contributed by atoms with Gasteiger partial charge in [0.15, 0.2) is 0 Å². The molecule has 0 radical (unpaired) electrons. The summed E-state index contributed by atoms with van der Waals surface area (Å²) in [5, 5.41) is 7.86. The maximum Gasteiger partial charge on any atom is 0.267 e. The van der Waals surface area contributed by atoms with E-state index in [1.807, 2.05) is 6.92 Å². The maximum absolute atomic E-state index is 12.9. The smallest absolute Gasteiger partial charge is 0.267 e. The van der Waals surface area contributed by atoms with Crippen LogP contribution in [0, 0.1) is 5.82 Å². The Kier molecular flexibility index (Phi) is 4.59. The van der Waals surface area contributed by atoms with Gasteiger partial charge in [-0.1, -0.05) is 22.4 Å². The van der Waals surface area contributed by atoms with E-state index < -0.39 is 6.10 Å². The highest BCUT2D eigenvalue weighted by molar-refractivity contribution is 5.94. The summed E-state index contributed by atoms with van der Waals surface area (Å²) >= 11 is 0. The first-order chi connectivity index (χ1) is 11.5. The largest absolute Gasteiger partial charge is 0.382 e. The van der Waals surface area contributed by atoms with E-state index in [9.17, 15) is 9.18 Å². The first-order valence-corrected chi connectivity index (χ1v) is 7.67. The van der Waals surface area contributed by atoms with Crippen LogP contribution in [0.25, 0.3) is 0 Å². The zero-order valence-corrected chi connectivity index (χ0v) is 13.5. The predicted molar refractivity (Wildman–Crippen MR) is 84.7 cm³/mol. The van der Waals surface area contributed by atoms with Crippen LogP contribution in [0.4, 0.5) is 4.39 Å². The highest BCUT2D eigenvalue weighted by Gasteiger charge is 2.33. The van der Waals surface area contributed by atoms with Gasteiger partial charge in [0.2, 0.25) is 6.10 Å². The van der Waals surface area contributed by atoms with Crippen molar-refractivity contribution in [2.45, 2.75) is 31.9 Å². The number of likely N-dealkylation sites (N-methyl/N-ethyl adjacent to an activating group) is 1. The van der Waals surface area contributed by atoms with Gasteiger partial charge < -0.3 is 14.3 Å². The molecule has 0 fully saturated rings. The molecular weight excluding hydrogens is 313 g/mol. The standard InChI is InChI=1S/C17H18FN3O3/c1-11(15-7-8-23-20-15)21(2)17(22)16-10-14(19-24-16)9-12-3-5-13(18)6-4-12/h3-8,11,16H,9-10H2,1-2H3/t11-,16+/m1/s1. The fraction of sp³-hybridized carbons (Fsp3) is 0.353. The molecule has 2 aromatic rings. The number of benzene rings is 1. The number of hydrogen-bond donors (Lipinski definition) is 0. The van der Waals surface area contributed by atoms with E-state index in [1.165, 1.54) is 18.4 Å². The van der Waals surface area contributed by atoms with E-state index in [4.69, 9.17) is 9.36 Å². The number of oxime groups is 1. The third-order valence-corrected chi connectivity index (χ3v) is 4.14. The predicted octanol–water partition coefficient (Wildman–Crippen LogP) is 2.72. The lowest BCUT2D eigenvalue weighted by molar-refractivity contribution is -0.142. The van der Waals surface area contributed by atoms with Gasteiger partial charge in [-0.2, -0.15) is 0 Å². The molecule has 1 aliphatic heterocycles. The van der Waals surface area contributed by atoms with Gasteiger partial charge in [0.25, 0.3) is 5.91 Å². The average Bonchev–Trinajstić information content (AvgIpc) is 3.26. The van der Waals surface area contributed by atoms with Gasteiger partial charge in [-0.25, -0.2) is 4.39 Å². The fourth-order valence-electron chi connectivity index (χ4n) is 2.56. The molecule has 2 atom stereocenters. The molecule has 0 saturated carbocycles. The van der Waals surface area contributed by atoms with Gasteiger partial charge in [-0.3, -0.25) is 4.79 Å². The van der Waals surface area contributed by atoms with Gasteiger partial charge in [-0.15, -0.1) is 0 Å². The molecule has 0 N–H and O–H groups in total. The van der Waals surface area contributed by atoms with E-state index in [2.05, 4.69) is 10.3 Å². The van der Waals surface area contributed by atoms with Crippen LogP contribution in [0.1, 0.15) is 30.6 Å². The van der Waals surface area contributed by atoms with E-state index in [-0.39, 0.29) is 17.8 Å². The van der Waals surface area contributed by atoms with E-state index >= 15 is 0 Å². The number of aromatic nitrogens is 1. The third-order valence-electron chi connectivity index (χ3n) is 4.14. The summed E-state index contributed by atoms with van der Waals surface area (Å²) in [5.41, 5.74) is 2.37. The van der Waals surface area contributed by atoms with Crippen molar-refractivity contribution >= 4 is 11.6 Å². The number of halogens is 1. The molecule has 6 nitrogen and oxygen atoms in total. The molecule has 1 amide bonds. The molecule has 0 saturated heterocycles. The molecule has 0 spiro atoms. The molecule has 0 bridgehead atoms. The van der Waals surface area contributed by atoms with Crippen LogP contribution >= 0.6 is 0 Å². The van der Waals surface area contributed by atoms with Gasteiger partial charge in [0.05, 0.1) is 11.8 Å². The molecule has 2 heterocycles. The van der Waals surface area contributed by atoms with E-state index in [1.54, 1.807) is 30.1 Å². The van der Waals surface area contributed by atoms with Crippen LogP contribution in [0.2, 0.25) is 0 Å². The molecule has 3 rings (SSSR count). The second-order valence-electron chi connectivity index (χ2n) is 5.81. The summed E-state index contributed by atoms with van der Waals surface area (Å²) in [4.78, 5) is 19.4. The lowest BCUT2D eigenvalue weighted by Gasteiger charge is -2.24. The van der Waals surface area contributed by atoms with Crippen LogP contribution < -0.4 is 0 Å². The Morgan fingerprint density at radius 3 is 2.79 bits per heavy atom. The first-order valence-electron chi connectivity index (χ1n) is 7.67. The van der Waals surface area contributed by atoms with Crippen molar-refractivity contribution in [1.82, 2.24) is 10.1 Å². The second kappa shape index (κ2) is 6.82. The summed E-state index contributed by atoms with van der Waals surface area (Å²) < 4.78 is 17.7. The summed E-state index contributed by atoms with van der Waals surface area (Å²) in [7, 11) is 1.70. The van der Waals surface area contributed by atoms with Gasteiger partial charge in [0, 0.05) is 26.0 Å². The lowest BCUT2D eigenvalue weighted by Crippen LogP contribution is -2.38. The molecular formula is C17H18FN3O3. The van der Waals surface area contributed by atoms with Crippen molar-refractivity contribution in [1.29, 1.82) is 0 Å². The number of carbonyl (C=O) groups is 1. The van der Waals surface area contributed by atoms with Crippen LogP contribution in [-0.4, -0.2) is 34.8 Å². The first kappa shape index (κ1) is 16.2. The lowest BCUT2D eigenvalue weighted by atomic mass is 10.0. The fourth-order valence-corrected chi connectivity index (χ4v) is 2.56. The minimum Gasteiger partial charge on any atom is -0.382 e. The SMILES string of the molecule is C[C@H](c1ccon1)N(C)C(=O)[C@@H]1CC(Cc2ccc(F)cc2)=NO1. The Balaban J connectivity index is 1.57. The number of carbonyl (C=O) groups excluding carboxylic acids is 1. The quantitative estimate of drug-likeness (QED) is 0.845. The third kappa shape index (κ3) is 3.45. The Hall–Kier alpha value is -2.70. The Labute approximate surface area is 138 Å². The number of hydrogen-bond acceptors (Lipinski definition) is 5. The molecule has 24 heavy (non-hydrogen) atoms. The molecule has 1 aliphatic rings. The van der Waals surface area contributed by atoms with Gasteiger partial charge in [-0.05, 0) is 24.6 Å². The number of amides is 1. The molecule has 7 heteroatoms. The molecule has 1 aromatic carbocycles. The summed E-state index contributed by atoms with van der Waals surface area (Å²) in [6.45, 7) is 1.87. The monoisotopic (exact) mass is 331 g/mol. The topological polar surface area (TPSA) is 67.9 Å². The second-order valence-corrected chi connectivity index (χ2v) is 5.81. The highest BCUT2D eigenvalue weighted by Crippen LogP contribution is 2.22. The van der Waals surface area contributed by atoms with E-state index in [0.717, 1.165) is 11.3 Å². The van der Waals surface area contributed by atoms with Crippen molar-refractivity contribution in [2.75, 3.05) is 7.05 Å². The van der Waals surface area contributed by atoms with Crippen molar-refractivity contribution in [3.05, 3.63) is 53.7 Å². The number of rotatable bonds is 5. The molecule has 0 aliphatic carbocycles. The van der Waals surface area contributed by atoms with Crippen LogP contribution in [0.3, 0.4) is 0 Å². The molecule has 0 unspecified atom stereocenters. The van der Waals surface area contributed by atoms with Crippen molar-refractivity contribution < 1.29 is 18.5 Å². The summed E-state index contributed by atoms with van der Waals surface area (Å²) in [6.07, 6.45) is 1.79. The minimum absolute atomic E-state index is 0.164. The molecule has 126 valence electrons. The van der Waals surface area contributed by atoms with Crippen molar-refractivity contribution in [3.8, 4) is 0 Å². The summed E-state index contributed by atoms with van der Waals surface area (Å²) in [5.74, 6) is -0.441. The Morgan fingerprint density at radius 1 is 1.38 bits per heavy atom. The van der Waals surface area contributed by atoms with Crippen LogP contribution in [-0.2, 0) is 16.1 Å². The molecule has 1 aromatic heterocycles. The van der Waals surface area contributed by atoms with E-state index in [0.29, 0.717) is 18.5 Å². The van der Waals surface area contributed by atoms with Crippen LogP contribution in [0.15, 0.2) is 46.3 Å². The van der Waals surface area contributed by atoms with Gasteiger partial charge in [0.1, 0.15) is 17.8 Å². The van der Waals surface area contributed by atoms with Crippen molar-refractivity contribution in [3.63, 3.8) is 0 Å². The number of nitrogens with zero attached hydrogens (tertiary/aromatic N) is 3. The maximum atomic E-state index is 12.9. The zero-order valence-electron chi connectivity index (χ0n) is 13.5. The zero-order chi connectivity index (χ0) is 17.1.